The van der Waals surface area contributed by atoms with Crippen LogP contribution in [0.15, 0.2) is 46.5 Å². The zero-order chi connectivity index (χ0) is 13.0. The van der Waals surface area contributed by atoms with Crippen molar-refractivity contribution < 1.29 is 0 Å². The Balaban J connectivity index is 2.11. The maximum Gasteiger partial charge on any atom is 0.283 e. The summed E-state index contributed by atoms with van der Waals surface area (Å²) in [5, 5.41) is 1.25. The van der Waals surface area contributed by atoms with E-state index in [4.69, 9.17) is 11.6 Å². The molecule has 2 aromatic rings. The fourth-order valence-electron chi connectivity index (χ4n) is 1.51. The number of rotatable bonds is 4. The Morgan fingerprint density at radius 1 is 1.33 bits per heavy atom. The first-order valence-corrected chi connectivity index (χ1v) is 6.99. The first kappa shape index (κ1) is 13.2. The van der Waals surface area contributed by atoms with Crippen molar-refractivity contribution in [3.05, 3.63) is 57.6 Å². The van der Waals surface area contributed by atoms with Gasteiger partial charge in [0.05, 0.1) is 0 Å². The van der Waals surface area contributed by atoms with Crippen LogP contribution in [0.2, 0.25) is 5.02 Å². The minimum Gasteiger partial charge on any atom is -0.312 e. The molecule has 0 N–H and O–H groups in total. The fraction of sp³-hybridized carbons (Fsp3) is 0.231. The summed E-state index contributed by atoms with van der Waals surface area (Å²) < 4.78 is 1.65. The third-order valence-corrected chi connectivity index (χ3v) is 3.79. The molecule has 0 aliphatic rings. The molecule has 1 aromatic heterocycles. The average molecular weight is 281 g/mol. The summed E-state index contributed by atoms with van der Waals surface area (Å²) in [7, 11) is 0. The minimum atomic E-state index is -0.0287. The summed E-state index contributed by atoms with van der Waals surface area (Å²) in [6.45, 7) is 2.60. The summed E-state index contributed by atoms with van der Waals surface area (Å²) in [5.41, 5.74) is 1.09. The molecular formula is C13H13ClN2OS. The van der Waals surface area contributed by atoms with Crippen molar-refractivity contribution in [3.8, 4) is 0 Å². The molecule has 18 heavy (non-hydrogen) atoms. The standard InChI is InChI=1S/C13H13ClN2OS/c1-2-16-8-7-15-12(13(16)17)18-9-10-3-5-11(14)6-4-10/h3-8H,2,9H2,1H3. The maximum atomic E-state index is 11.9. The van der Waals surface area contributed by atoms with Gasteiger partial charge in [-0.1, -0.05) is 35.5 Å². The summed E-state index contributed by atoms with van der Waals surface area (Å²) in [5.74, 6) is 0.715. The first-order valence-electron chi connectivity index (χ1n) is 5.63. The zero-order valence-corrected chi connectivity index (χ0v) is 11.5. The highest BCUT2D eigenvalue weighted by atomic mass is 35.5. The molecule has 0 saturated carbocycles. The Morgan fingerprint density at radius 2 is 2.06 bits per heavy atom. The third-order valence-electron chi connectivity index (χ3n) is 2.51. The second kappa shape index (κ2) is 6.07. The number of hydrogen-bond donors (Lipinski definition) is 0. The van der Waals surface area contributed by atoms with Gasteiger partial charge in [0.2, 0.25) is 0 Å². The number of benzene rings is 1. The molecule has 0 aliphatic heterocycles. The van der Waals surface area contributed by atoms with E-state index in [0.29, 0.717) is 17.3 Å². The molecule has 5 heteroatoms. The summed E-state index contributed by atoms with van der Waals surface area (Å²) in [6.07, 6.45) is 3.36. The predicted molar refractivity (Wildman–Crippen MR) is 75.2 cm³/mol. The second-order valence-electron chi connectivity index (χ2n) is 3.74. The van der Waals surface area contributed by atoms with Crippen LogP contribution < -0.4 is 5.56 Å². The molecule has 0 atom stereocenters. The van der Waals surface area contributed by atoms with E-state index in [1.54, 1.807) is 17.0 Å². The minimum absolute atomic E-state index is 0.0287. The van der Waals surface area contributed by atoms with E-state index in [2.05, 4.69) is 4.98 Å². The molecule has 0 bridgehead atoms. The quantitative estimate of drug-likeness (QED) is 0.807. The van der Waals surface area contributed by atoms with Gasteiger partial charge in [-0.15, -0.1) is 0 Å². The average Bonchev–Trinajstić information content (AvgIpc) is 2.39. The van der Waals surface area contributed by atoms with Crippen molar-refractivity contribution in [1.29, 1.82) is 0 Å². The van der Waals surface area contributed by atoms with Crippen LogP contribution in [0.25, 0.3) is 0 Å². The van der Waals surface area contributed by atoms with E-state index in [1.165, 1.54) is 11.8 Å². The van der Waals surface area contributed by atoms with Crippen LogP contribution >= 0.6 is 23.4 Å². The van der Waals surface area contributed by atoms with Crippen LogP contribution in [0.3, 0.4) is 0 Å². The number of halogens is 1. The predicted octanol–water partition coefficient (Wildman–Crippen LogP) is 3.21. The van der Waals surface area contributed by atoms with E-state index >= 15 is 0 Å². The molecule has 0 saturated heterocycles. The van der Waals surface area contributed by atoms with Gasteiger partial charge in [0.15, 0.2) is 5.03 Å². The third kappa shape index (κ3) is 3.15. The summed E-state index contributed by atoms with van der Waals surface area (Å²) in [6, 6.07) is 7.60. The van der Waals surface area contributed by atoms with Crippen LogP contribution in [-0.2, 0) is 12.3 Å². The lowest BCUT2D eigenvalue weighted by atomic mass is 10.2. The lowest BCUT2D eigenvalue weighted by Crippen LogP contribution is -2.20. The van der Waals surface area contributed by atoms with E-state index in [9.17, 15) is 4.79 Å². The topological polar surface area (TPSA) is 34.9 Å². The highest BCUT2D eigenvalue weighted by Crippen LogP contribution is 2.19. The van der Waals surface area contributed by atoms with Crippen molar-refractivity contribution in [2.45, 2.75) is 24.2 Å². The van der Waals surface area contributed by atoms with E-state index < -0.39 is 0 Å². The van der Waals surface area contributed by atoms with Gasteiger partial charge in [-0.05, 0) is 24.6 Å². The molecule has 0 spiro atoms. The molecule has 0 fully saturated rings. The zero-order valence-electron chi connectivity index (χ0n) is 9.97. The van der Waals surface area contributed by atoms with E-state index in [0.717, 1.165) is 10.6 Å². The Hall–Kier alpha value is -1.26. The van der Waals surface area contributed by atoms with Crippen LogP contribution in [0.4, 0.5) is 0 Å². The Labute approximate surface area is 115 Å². The first-order chi connectivity index (χ1) is 8.70. The van der Waals surface area contributed by atoms with Gasteiger partial charge in [-0.25, -0.2) is 4.98 Å². The van der Waals surface area contributed by atoms with Crippen LogP contribution in [-0.4, -0.2) is 9.55 Å². The molecular weight excluding hydrogens is 268 g/mol. The molecule has 0 unspecified atom stereocenters. The molecule has 0 aliphatic carbocycles. The maximum absolute atomic E-state index is 11.9. The van der Waals surface area contributed by atoms with Gasteiger partial charge < -0.3 is 4.57 Å². The van der Waals surface area contributed by atoms with Crippen molar-refractivity contribution >= 4 is 23.4 Å². The summed E-state index contributed by atoms with van der Waals surface area (Å²) in [4.78, 5) is 16.1. The molecule has 1 heterocycles. The van der Waals surface area contributed by atoms with Crippen LogP contribution in [0.1, 0.15) is 12.5 Å². The SMILES string of the molecule is CCn1ccnc(SCc2ccc(Cl)cc2)c1=O. The fourth-order valence-corrected chi connectivity index (χ4v) is 2.51. The van der Waals surface area contributed by atoms with Crippen molar-refractivity contribution in [1.82, 2.24) is 9.55 Å². The normalized spacial score (nSPS) is 10.6. The number of aryl methyl sites for hydroxylation is 1. The van der Waals surface area contributed by atoms with Gasteiger partial charge in [0.1, 0.15) is 0 Å². The number of nitrogens with zero attached hydrogens (tertiary/aromatic N) is 2. The number of hydrogen-bond acceptors (Lipinski definition) is 3. The molecule has 3 nitrogen and oxygen atoms in total. The van der Waals surface area contributed by atoms with Gasteiger partial charge in [0, 0.05) is 29.7 Å². The largest absolute Gasteiger partial charge is 0.312 e. The lowest BCUT2D eigenvalue weighted by molar-refractivity contribution is 0.692. The molecule has 94 valence electrons. The Kier molecular flexibility index (Phi) is 4.44. The van der Waals surface area contributed by atoms with E-state index in [1.807, 2.05) is 31.2 Å². The van der Waals surface area contributed by atoms with Gasteiger partial charge >= 0.3 is 0 Å². The molecule has 0 radical (unpaired) electrons. The number of aromatic nitrogens is 2. The van der Waals surface area contributed by atoms with Gasteiger partial charge in [-0.3, -0.25) is 4.79 Å². The summed E-state index contributed by atoms with van der Waals surface area (Å²) >= 11 is 7.27. The van der Waals surface area contributed by atoms with Crippen molar-refractivity contribution in [2.75, 3.05) is 0 Å². The molecule has 0 amide bonds. The van der Waals surface area contributed by atoms with Gasteiger partial charge in [0.25, 0.3) is 5.56 Å². The number of thioether (sulfide) groups is 1. The highest BCUT2D eigenvalue weighted by Gasteiger charge is 2.04. The Bertz CT molecular complexity index is 580. The lowest BCUT2D eigenvalue weighted by Gasteiger charge is -2.04. The van der Waals surface area contributed by atoms with Crippen molar-refractivity contribution in [3.63, 3.8) is 0 Å². The molecule has 2 rings (SSSR count). The van der Waals surface area contributed by atoms with Crippen molar-refractivity contribution in [2.24, 2.45) is 0 Å². The van der Waals surface area contributed by atoms with Crippen LogP contribution in [0, 0.1) is 0 Å². The van der Waals surface area contributed by atoms with Gasteiger partial charge in [-0.2, -0.15) is 0 Å². The second-order valence-corrected chi connectivity index (χ2v) is 5.14. The Morgan fingerprint density at radius 3 is 2.72 bits per heavy atom. The van der Waals surface area contributed by atoms with E-state index in [-0.39, 0.29) is 5.56 Å². The highest BCUT2D eigenvalue weighted by molar-refractivity contribution is 7.98. The smallest absolute Gasteiger partial charge is 0.283 e. The van der Waals surface area contributed by atoms with Crippen LogP contribution in [0.5, 0.6) is 0 Å². The molecule has 1 aromatic carbocycles. The monoisotopic (exact) mass is 280 g/mol.